The number of ether oxygens (including phenoxy) is 3. The van der Waals surface area contributed by atoms with Gasteiger partial charge in [0.15, 0.2) is 0 Å². The Hall–Kier alpha value is -1.14. The zero-order chi connectivity index (χ0) is 15.0. The molecule has 1 aliphatic carbocycles. The fourth-order valence-electron chi connectivity index (χ4n) is 4.04. The van der Waals surface area contributed by atoms with Crippen molar-refractivity contribution in [2.75, 3.05) is 7.11 Å². The smallest absolute Gasteiger partial charge is 0.311 e. The predicted octanol–water partition coefficient (Wildman–Crippen LogP) is 1.21. The van der Waals surface area contributed by atoms with Gasteiger partial charge < -0.3 is 19.3 Å². The molecule has 0 aromatic rings. The van der Waals surface area contributed by atoms with E-state index in [1.54, 1.807) is 7.11 Å². The Morgan fingerprint density at radius 1 is 1.10 bits per heavy atom. The summed E-state index contributed by atoms with van der Waals surface area (Å²) in [5.74, 6) is 0.0204. The number of carbonyl (C=O) groups is 2. The molecule has 2 saturated heterocycles. The summed E-state index contributed by atoms with van der Waals surface area (Å²) in [5, 5.41) is 9.76. The minimum absolute atomic E-state index is 0.0673. The second-order valence-electron chi connectivity index (χ2n) is 6.37. The average Bonchev–Trinajstić information content (AvgIpc) is 3.01. The van der Waals surface area contributed by atoms with Crippen LogP contribution in [0, 0.1) is 23.7 Å². The number of cyclic esters (lactones) is 2. The van der Waals surface area contributed by atoms with Crippen LogP contribution in [0.5, 0.6) is 0 Å². The lowest BCUT2D eigenvalue weighted by Crippen LogP contribution is -2.30. The van der Waals surface area contributed by atoms with Crippen LogP contribution in [0.2, 0.25) is 0 Å². The van der Waals surface area contributed by atoms with Crippen molar-refractivity contribution in [2.24, 2.45) is 23.7 Å². The fourth-order valence-corrected chi connectivity index (χ4v) is 4.04. The number of rotatable bonds is 3. The van der Waals surface area contributed by atoms with Gasteiger partial charge in [-0.2, -0.15) is 0 Å². The molecular weight excluding hydrogens is 276 g/mol. The molecule has 6 nitrogen and oxygen atoms in total. The molecule has 2 aliphatic heterocycles. The Kier molecular flexibility index (Phi) is 4.17. The summed E-state index contributed by atoms with van der Waals surface area (Å²) in [6, 6.07) is 0. The van der Waals surface area contributed by atoms with Gasteiger partial charge in [-0.15, -0.1) is 0 Å². The number of aliphatic hydroxyl groups is 1. The molecule has 21 heavy (non-hydrogen) atoms. The first-order valence-corrected chi connectivity index (χ1v) is 7.69. The van der Waals surface area contributed by atoms with Gasteiger partial charge in [0.05, 0.1) is 12.3 Å². The minimum atomic E-state index is -0.951. The Bertz CT molecular complexity index is 414. The summed E-state index contributed by atoms with van der Waals surface area (Å²) in [5.41, 5.74) is 0. The Morgan fingerprint density at radius 2 is 1.76 bits per heavy atom. The molecule has 6 heteroatoms. The van der Waals surface area contributed by atoms with Gasteiger partial charge >= 0.3 is 11.9 Å². The van der Waals surface area contributed by atoms with Crippen LogP contribution in [0.1, 0.15) is 38.5 Å². The highest BCUT2D eigenvalue weighted by atomic mass is 16.7. The maximum absolute atomic E-state index is 11.9. The van der Waals surface area contributed by atoms with Gasteiger partial charge in [-0.25, -0.2) is 0 Å². The molecule has 2 heterocycles. The molecule has 3 rings (SSSR count). The molecule has 0 radical (unpaired) electrons. The Labute approximate surface area is 123 Å². The van der Waals surface area contributed by atoms with Crippen LogP contribution in [-0.4, -0.2) is 36.7 Å². The van der Waals surface area contributed by atoms with Gasteiger partial charge in [0.1, 0.15) is 0 Å². The molecule has 1 N–H and O–H groups in total. The molecule has 0 aromatic carbocycles. The number of methoxy groups -OCH3 is 1. The molecule has 3 fully saturated rings. The highest BCUT2D eigenvalue weighted by molar-refractivity contribution is 5.74. The Balaban J connectivity index is 1.53. The van der Waals surface area contributed by atoms with Gasteiger partial charge in [-0.1, -0.05) is 0 Å². The first kappa shape index (κ1) is 14.8. The predicted molar refractivity (Wildman–Crippen MR) is 70.6 cm³/mol. The van der Waals surface area contributed by atoms with E-state index < -0.39 is 12.6 Å². The van der Waals surface area contributed by atoms with E-state index in [1.807, 2.05) is 0 Å². The van der Waals surface area contributed by atoms with Crippen LogP contribution in [0.25, 0.3) is 0 Å². The van der Waals surface area contributed by atoms with Crippen LogP contribution in [0.15, 0.2) is 0 Å². The third-order valence-corrected chi connectivity index (χ3v) is 5.27. The van der Waals surface area contributed by atoms with Crippen LogP contribution in [0.3, 0.4) is 0 Å². The van der Waals surface area contributed by atoms with E-state index in [0.717, 1.165) is 25.7 Å². The van der Waals surface area contributed by atoms with Crippen molar-refractivity contribution in [1.29, 1.82) is 0 Å². The SMILES string of the molecule is COC1CC(C2CCC(C3CC(=O)OC3O)CC2)C(=O)O1. The van der Waals surface area contributed by atoms with E-state index in [2.05, 4.69) is 0 Å². The molecule has 4 unspecified atom stereocenters. The summed E-state index contributed by atoms with van der Waals surface area (Å²) in [6.07, 6.45) is 3.30. The molecule has 118 valence electrons. The standard InChI is InChI=1S/C15H22O6/c1-19-13-7-11(15(18)21-13)9-4-2-8(3-5-9)10-6-12(16)20-14(10)17/h8-11,13-14,17H,2-7H2,1H3. The summed E-state index contributed by atoms with van der Waals surface area (Å²) in [6.45, 7) is 0. The third kappa shape index (κ3) is 2.92. The lowest BCUT2D eigenvalue weighted by atomic mass is 9.71. The number of hydrogen-bond acceptors (Lipinski definition) is 6. The zero-order valence-electron chi connectivity index (χ0n) is 12.2. The molecule has 4 atom stereocenters. The maximum atomic E-state index is 11.9. The van der Waals surface area contributed by atoms with Crippen molar-refractivity contribution in [3.05, 3.63) is 0 Å². The lowest BCUT2D eigenvalue weighted by molar-refractivity contribution is -0.161. The summed E-state index contributed by atoms with van der Waals surface area (Å²) in [7, 11) is 1.55. The first-order valence-electron chi connectivity index (χ1n) is 7.69. The van der Waals surface area contributed by atoms with Crippen LogP contribution in [-0.2, 0) is 23.8 Å². The quantitative estimate of drug-likeness (QED) is 0.789. The molecule has 3 aliphatic rings. The van der Waals surface area contributed by atoms with E-state index in [0.29, 0.717) is 24.7 Å². The van der Waals surface area contributed by atoms with Gasteiger partial charge in [-0.3, -0.25) is 9.59 Å². The van der Waals surface area contributed by atoms with E-state index in [-0.39, 0.29) is 23.8 Å². The summed E-state index contributed by atoms with van der Waals surface area (Å²) < 4.78 is 15.1. The van der Waals surface area contributed by atoms with Crippen molar-refractivity contribution >= 4 is 11.9 Å². The monoisotopic (exact) mass is 298 g/mol. The van der Waals surface area contributed by atoms with E-state index >= 15 is 0 Å². The fraction of sp³-hybridized carbons (Fsp3) is 0.867. The minimum Gasteiger partial charge on any atom is -0.436 e. The highest BCUT2D eigenvalue weighted by Gasteiger charge is 2.44. The first-order chi connectivity index (χ1) is 10.1. The molecular formula is C15H22O6. The largest absolute Gasteiger partial charge is 0.436 e. The molecule has 0 amide bonds. The van der Waals surface area contributed by atoms with Gasteiger partial charge in [0, 0.05) is 19.4 Å². The normalized spacial score (nSPS) is 43.7. The number of carbonyl (C=O) groups excluding carboxylic acids is 2. The second-order valence-corrected chi connectivity index (χ2v) is 6.37. The average molecular weight is 298 g/mol. The van der Waals surface area contributed by atoms with Gasteiger partial charge in [0.25, 0.3) is 0 Å². The molecule has 1 saturated carbocycles. The number of hydrogen-bond donors (Lipinski definition) is 1. The van der Waals surface area contributed by atoms with Gasteiger partial charge in [-0.05, 0) is 37.5 Å². The van der Waals surface area contributed by atoms with Gasteiger partial charge in [0.2, 0.25) is 12.6 Å². The van der Waals surface area contributed by atoms with Crippen molar-refractivity contribution in [3.8, 4) is 0 Å². The Morgan fingerprint density at radius 3 is 2.29 bits per heavy atom. The van der Waals surface area contributed by atoms with E-state index in [1.165, 1.54) is 0 Å². The second kappa shape index (κ2) is 5.93. The van der Waals surface area contributed by atoms with Crippen LogP contribution in [0.4, 0.5) is 0 Å². The van der Waals surface area contributed by atoms with Crippen molar-refractivity contribution in [3.63, 3.8) is 0 Å². The lowest BCUT2D eigenvalue weighted by Gasteiger charge is -2.33. The van der Waals surface area contributed by atoms with Crippen molar-refractivity contribution < 1.29 is 28.9 Å². The summed E-state index contributed by atoms with van der Waals surface area (Å²) in [4.78, 5) is 23.1. The summed E-state index contributed by atoms with van der Waals surface area (Å²) >= 11 is 0. The van der Waals surface area contributed by atoms with E-state index in [9.17, 15) is 14.7 Å². The highest BCUT2D eigenvalue weighted by Crippen LogP contribution is 2.43. The molecule has 0 bridgehead atoms. The van der Waals surface area contributed by atoms with Crippen LogP contribution >= 0.6 is 0 Å². The number of aliphatic hydroxyl groups excluding tert-OH is 1. The van der Waals surface area contributed by atoms with E-state index in [4.69, 9.17) is 14.2 Å². The van der Waals surface area contributed by atoms with Crippen molar-refractivity contribution in [2.45, 2.75) is 51.1 Å². The molecule has 0 spiro atoms. The topological polar surface area (TPSA) is 82.1 Å². The third-order valence-electron chi connectivity index (χ3n) is 5.27. The number of esters is 2. The molecule has 0 aromatic heterocycles. The zero-order valence-corrected chi connectivity index (χ0v) is 12.2. The maximum Gasteiger partial charge on any atom is 0.311 e. The van der Waals surface area contributed by atoms with Crippen molar-refractivity contribution in [1.82, 2.24) is 0 Å². The van der Waals surface area contributed by atoms with Crippen LogP contribution < -0.4 is 0 Å².